The molecule has 1 fully saturated rings. The topological polar surface area (TPSA) is 0 Å². The molecule has 21 heavy (non-hydrogen) atoms. The van der Waals surface area contributed by atoms with Crippen molar-refractivity contribution in [3.63, 3.8) is 0 Å². The molecule has 1 aliphatic carbocycles. The Hall–Kier alpha value is -2.04. The summed E-state index contributed by atoms with van der Waals surface area (Å²) in [6, 6.07) is 17.5. The summed E-state index contributed by atoms with van der Waals surface area (Å²) in [4.78, 5) is 0. The maximum Gasteiger partial charge on any atom is 0.0309 e. The lowest BCUT2D eigenvalue weighted by Gasteiger charge is -2.07. The van der Waals surface area contributed by atoms with E-state index < -0.39 is 0 Å². The van der Waals surface area contributed by atoms with Crippen molar-refractivity contribution in [3.05, 3.63) is 82.1 Å². The van der Waals surface area contributed by atoms with E-state index in [1.165, 1.54) is 33.4 Å². The summed E-state index contributed by atoms with van der Waals surface area (Å²) >= 11 is 0. The molecule has 1 aliphatic rings. The quantitative estimate of drug-likeness (QED) is 0.630. The standard InChI is InChI=1S/C21H22/c1-14-5-9-18(10-6-14)21(13-20-16(3)17(20)4)19-11-7-15(2)8-12-19/h5-12,16-17H,1-4H3/t16-,17-/m0/s1. The van der Waals surface area contributed by atoms with Gasteiger partial charge in [0.05, 0.1) is 0 Å². The molecule has 0 spiro atoms. The summed E-state index contributed by atoms with van der Waals surface area (Å²) in [5.41, 5.74) is 11.5. The van der Waals surface area contributed by atoms with Crippen molar-refractivity contribution < 1.29 is 0 Å². The Bertz CT molecular complexity index is 650. The lowest BCUT2D eigenvalue weighted by atomic mass is 9.97. The SMILES string of the molecule is Cc1ccc(C(=C=C2[C@@H](C)[C@@H]2C)c2ccc(C)cc2)cc1. The maximum atomic E-state index is 3.70. The largest absolute Gasteiger partial charge is 0.112 e. The van der Waals surface area contributed by atoms with Gasteiger partial charge < -0.3 is 0 Å². The molecule has 0 amide bonds. The smallest absolute Gasteiger partial charge is 0.0309 e. The van der Waals surface area contributed by atoms with Crippen LogP contribution in [0.2, 0.25) is 0 Å². The van der Waals surface area contributed by atoms with E-state index in [4.69, 9.17) is 0 Å². The number of aryl methyl sites for hydroxylation is 2. The van der Waals surface area contributed by atoms with Crippen molar-refractivity contribution in [2.24, 2.45) is 11.8 Å². The van der Waals surface area contributed by atoms with Crippen LogP contribution in [0.5, 0.6) is 0 Å². The number of hydrogen-bond acceptors (Lipinski definition) is 0. The highest BCUT2D eigenvalue weighted by atomic mass is 14.4. The van der Waals surface area contributed by atoms with Gasteiger partial charge >= 0.3 is 0 Å². The van der Waals surface area contributed by atoms with Crippen molar-refractivity contribution in [1.82, 2.24) is 0 Å². The van der Waals surface area contributed by atoms with Gasteiger partial charge in [0.1, 0.15) is 0 Å². The van der Waals surface area contributed by atoms with Crippen molar-refractivity contribution in [2.45, 2.75) is 27.7 Å². The summed E-state index contributed by atoms with van der Waals surface area (Å²) < 4.78 is 0. The van der Waals surface area contributed by atoms with E-state index in [0.717, 1.165) is 0 Å². The number of allylic oxidation sites excluding steroid dienone is 1. The minimum Gasteiger partial charge on any atom is -0.112 e. The van der Waals surface area contributed by atoms with Crippen LogP contribution in [0.1, 0.15) is 36.1 Å². The first-order chi connectivity index (χ1) is 10.1. The summed E-state index contributed by atoms with van der Waals surface area (Å²) in [6.07, 6.45) is 0. The van der Waals surface area contributed by atoms with Crippen LogP contribution in [0, 0.1) is 25.7 Å². The second-order valence-electron chi connectivity index (χ2n) is 6.26. The Morgan fingerprint density at radius 3 is 1.43 bits per heavy atom. The Morgan fingerprint density at radius 1 is 0.714 bits per heavy atom. The van der Waals surface area contributed by atoms with Gasteiger partial charge in [0, 0.05) is 5.57 Å². The lowest BCUT2D eigenvalue weighted by molar-refractivity contribution is 0.834. The first kappa shape index (κ1) is 13.9. The molecule has 0 heterocycles. The fraction of sp³-hybridized carbons (Fsp3) is 0.286. The number of rotatable bonds is 2. The average Bonchev–Trinajstić information content (AvgIpc) is 3.05. The predicted molar refractivity (Wildman–Crippen MR) is 90.2 cm³/mol. The zero-order valence-corrected chi connectivity index (χ0v) is 13.3. The summed E-state index contributed by atoms with van der Waals surface area (Å²) in [5, 5.41) is 0. The summed E-state index contributed by atoms with van der Waals surface area (Å²) in [7, 11) is 0. The van der Waals surface area contributed by atoms with Crippen molar-refractivity contribution >= 4 is 5.57 Å². The van der Waals surface area contributed by atoms with E-state index >= 15 is 0 Å². The fourth-order valence-electron chi connectivity index (χ4n) is 2.69. The van der Waals surface area contributed by atoms with Crippen LogP contribution >= 0.6 is 0 Å². The highest BCUT2D eigenvalue weighted by Gasteiger charge is 2.35. The second kappa shape index (κ2) is 5.39. The van der Waals surface area contributed by atoms with Crippen molar-refractivity contribution in [3.8, 4) is 0 Å². The number of hydrogen-bond donors (Lipinski definition) is 0. The molecule has 2 aromatic rings. The normalized spacial score (nSPS) is 20.1. The zero-order chi connectivity index (χ0) is 15.0. The van der Waals surface area contributed by atoms with E-state index in [1.807, 2.05) is 0 Å². The molecule has 2 atom stereocenters. The Balaban J connectivity index is 2.14. The van der Waals surface area contributed by atoms with Gasteiger partial charge in [-0.05, 0) is 42.4 Å². The molecule has 1 saturated carbocycles. The first-order valence-electron chi connectivity index (χ1n) is 7.71. The molecule has 3 rings (SSSR count). The van der Waals surface area contributed by atoms with E-state index in [9.17, 15) is 0 Å². The first-order valence-corrected chi connectivity index (χ1v) is 7.71. The van der Waals surface area contributed by atoms with Crippen LogP contribution in [0.3, 0.4) is 0 Å². The van der Waals surface area contributed by atoms with E-state index in [0.29, 0.717) is 11.8 Å². The number of benzene rings is 2. The molecule has 0 bridgehead atoms. The van der Waals surface area contributed by atoms with Gasteiger partial charge in [-0.3, -0.25) is 0 Å². The lowest BCUT2D eigenvalue weighted by Crippen LogP contribution is -1.87. The third-order valence-corrected chi connectivity index (χ3v) is 4.57. The second-order valence-corrected chi connectivity index (χ2v) is 6.26. The highest BCUT2D eigenvalue weighted by Crippen LogP contribution is 2.44. The molecule has 0 unspecified atom stereocenters. The molecule has 0 aliphatic heterocycles. The molecule has 0 nitrogen and oxygen atoms in total. The minimum atomic E-state index is 0.677. The molecule has 0 N–H and O–H groups in total. The Morgan fingerprint density at radius 2 is 1.10 bits per heavy atom. The van der Waals surface area contributed by atoms with E-state index in [-0.39, 0.29) is 0 Å². The van der Waals surface area contributed by atoms with Gasteiger partial charge in [-0.15, -0.1) is 5.73 Å². The van der Waals surface area contributed by atoms with Crippen LogP contribution in [0.25, 0.3) is 5.57 Å². The zero-order valence-electron chi connectivity index (χ0n) is 13.3. The van der Waals surface area contributed by atoms with Crippen LogP contribution < -0.4 is 0 Å². The summed E-state index contributed by atoms with van der Waals surface area (Å²) in [5.74, 6) is 1.35. The third kappa shape index (κ3) is 2.86. The highest BCUT2D eigenvalue weighted by molar-refractivity contribution is 5.80. The van der Waals surface area contributed by atoms with Crippen LogP contribution in [0.15, 0.2) is 59.8 Å². The van der Waals surface area contributed by atoms with Gasteiger partial charge in [-0.25, -0.2) is 0 Å². The molecule has 0 radical (unpaired) electrons. The molecule has 0 aromatic heterocycles. The molecular weight excluding hydrogens is 252 g/mol. The van der Waals surface area contributed by atoms with Crippen LogP contribution in [-0.4, -0.2) is 0 Å². The van der Waals surface area contributed by atoms with E-state index in [2.05, 4.69) is 82.0 Å². The molecule has 2 aromatic carbocycles. The minimum absolute atomic E-state index is 0.677. The Kier molecular flexibility index (Phi) is 3.57. The Labute approximate surface area is 127 Å². The van der Waals surface area contributed by atoms with Gasteiger partial charge in [-0.2, -0.15) is 0 Å². The van der Waals surface area contributed by atoms with Gasteiger partial charge in [0.15, 0.2) is 0 Å². The monoisotopic (exact) mass is 274 g/mol. The van der Waals surface area contributed by atoms with Gasteiger partial charge in [-0.1, -0.05) is 73.5 Å². The van der Waals surface area contributed by atoms with Gasteiger partial charge in [0.2, 0.25) is 0 Å². The van der Waals surface area contributed by atoms with Crippen LogP contribution in [0.4, 0.5) is 0 Å². The average molecular weight is 274 g/mol. The molecule has 106 valence electrons. The molecular formula is C21H22. The maximum absolute atomic E-state index is 3.70. The van der Waals surface area contributed by atoms with Crippen molar-refractivity contribution in [2.75, 3.05) is 0 Å². The van der Waals surface area contributed by atoms with Gasteiger partial charge in [0.25, 0.3) is 0 Å². The third-order valence-electron chi connectivity index (χ3n) is 4.57. The molecule has 0 heteroatoms. The van der Waals surface area contributed by atoms with Crippen LogP contribution in [-0.2, 0) is 0 Å². The van der Waals surface area contributed by atoms with Crippen molar-refractivity contribution in [1.29, 1.82) is 0 Å². The summed E-state index contributed by atoms with van der Waals surface area (Å²) in [6.45, 7) is 8.83. The fourth-order valence-corrected chi connectivity index (χ4v) is 2.69. The predicted octanol–water partition coefficient (Wildman–Crippen LogP) is 5.55. The van der Waals surface area contributed by atoms with E-state index in [1.54, 1.807) is 0 Å². The molecule has 0 saturated heterocycles.